The van der Waals surface area contributed by atoms with Gasteiger partial charge in [-0.2, -0.15) is 0 Å². The minimum atomic E-state index is 0.947. The first kappa shape index (κ1) is 10.5. The number of nitrogens with one attached hydrogen (secondary N) is 1. The summed E-state index contributed by atoms with van der Waals surface area (Å²) in [6, 6.07) is 3.91. The third-order valence-corrected chi connectivity index (χ3v) is 2.61. The lowest BCUT2D eigenvalue weighted by Crippen LogP contribution is -2.43. The molecule has 0 atom stereocenters. The van der Waals surface area contributed by atoms with Crippen molar-refractivity contribution in [2.75, 3.05) is 32.7 Å². The Morgan fingerprint density at radius 1 is 1.53 bits per heavy atom. The van der Waals surface area contributed by atoms with Gasteiger partial charge >= 0.3 is 0 Å². The monoisotopic (exact) mass is 206 g/mol. The molecule has 1 fully saturated rings. The summed E-state index contributed by atoms with van der Waals surface area (Å²) in [6.07, 6.45) is 3.83. The lowest BCUT2D eigenvalue weighted by atomic mass is 10.2. The zero-order valence-corrected chi connectivity index (χ0v) is 9.20. The predicted octanol–water partition coefficient (Wildman–Crippen LogP) is 1.59. The molecule has 0 unspecified atom stereocenters. The smallest absolute Gasteiger partial charge is 0.126 e. The summed E-state index contributed by atoms with van der Waals surface area (Å²) in [5.41, 5.74) is 1.35. The first-order valence-electron chi connectivity index (χ1n) is 5.48. The van der Waals surface area contributed by atoms with Gasteiger partial charge in [-0.3, -0.25) is 4.90 Å². The van der Waals surface area contributed by atoms with Crippen LogP contribution in [0.3, 0.4) is 0 Å². The van der Waals surface area contributed by atoms with E-state index in [1.807, 2.05) is 12.1 Å². The molecule has 1 aliphatic rings. The fourth-order valence-corrected chi connectivity index (χ4v) is 1.88. The van der Waals surface area contributed by atoms with Crippen LogP contribution in [0.4, 0.5) is 0 Å². The number of hydrogen-bond acceptors (Lipinski definition) is 3. The molecule has 82 valence electrons. The summed E-state index contributed by atoms with van der Waals surface area (Å²) >= 11 is 0. The van der Waals surface area contributed by atoms with Crippen molar-refractivity contribution in [3.63, 3.8) is 0 Å². The Morgan fingerprint density at radius 3 is 3.00 bits per heavy atom. The van der Waals surface area contributed by atoms with E-state index in [4.69, 9.17) is 4.42 Å². The SMILES string of the molecule is C/C(=C\c1ccco1)CN1CCNCC1. The summed E-state index contributed by atoms with van der Waals surface area (Å²) in [5, 5.41) is 3.35. The number of piperazine rings is 1. The molecule has 15 heavy (non-hydrogen) atoms. The Hall–Kier alpha value is -1.06. The topological polar surface area (TPSA) is 28.4 Å². The van der Waals surface area contributed by atoms with Crippen molar-refractivity contribution in [1.82, 2.24) is 10.2 Å². The molecule has 1 aromatic heterocycles. The summed E-state index contributed by atoms with van der Waals surface area (Å²) in [4.78, 5) is 2.46. The van der Waals surface area contributed by atoms with E-state index in [0.717, 1.165) is 38.5 Å². The van der Waals surface area contributed by atoms with Gasteiger partial charge in [0, 0.05) is 32.7 Å². The minimum absolute atomic E-state index is 0.947. The van der Waals surface area contributed by atoms with Gasteiger partial charge in [0.2, 0.25) is 0 Å². The highest BCUT2D eigenvalue weighted by atomic mass is 16.3. The molecule has 0 radical (unpaired) electrons. The fraction of sp³-hybridized carbons (Fsp3) is 0.500. The molecule has 1 saturated heterocycles. The van der Waals surface area contributed by atoms with Crippen molar-refractivity contribution < 1.29 is 4.42 Å². The number of rotatable bonds is 3. The van der Waals surface area contributed by atoms with Gasteiger partial charge < -0.3 is 9.73 Å². The number of hydrogen-bond donors (Lipinski definition) is 1. The van der Waals surface area contributed by atoms with Crippen LogP contribution in [-0.4, -0.2) is 37.6 Å². The van der Waals surface area contributed by atoms with Crippen LogP contribution in [-0.2, 0) is 0 Å². The molecule has 0 aliphatic carbocycles. The summed E-state index contributed by atoms with van der Waals surface area (Å²) in [5.74, 6) is 0.947. The van der Waals surface area contributed by atoms with Crippen LogP contribution < -0.4 is 5.32 Å². The maximum Gasteiger partial charge on any atom is 0.126 e. The molecule has 0 spiro atoms. The first-order chi connectivity index (χ1) is 7.34. The van der Waals surface area contributed by atoms with Crippen LogP contribution in [0.25, 0.3) is 6.08 Å². The van der Waals surface area contributed by atoms with E-state index in [0.29, 0.717) is 0 Å². The van der Waals surface area contributed by atoms with Crippen LogP contribution in [0.1, 0.15) is 12.7 Å². The maximum atomic E-state index is 5.29. The zero-order valence-electron chi connectivity index (χ0n) is 9.20. The first-order valence-corrected chi connectivity index (χ1v) is 5.48. The molecule has 1 N–H and O–H groups in total. The van der Waals surface area contributed by atoms with E-state index >= 15 is 0 Å². The van der Waals surface area contributed by atoms with Crippen molar-refractivity contribution in [3.8, 4) is 0 Å². The number of nitrogens with zero attached hydrogens (tertiary/aromatic N) is 1. The van der Waals surface area contributed by atoms with Crippen molar-refractivity contribution >= 4 is 6.08 Å². The maximum absolute atomic E-state index is 5.29. The third-order valence-electron chi connectivity index (χ3n) is 2.61. The highest BCUT2D eigenvalue weighted by Gasteiger charge is 2.09. The van der Waals surface area contributed by atoms with Gasteiger partial charge in [-0.05, 0) is 25.1 Å². The molecule has 0 saturated carbocycles. The molecule has 3 heteroatoms. The molecule has 1 aromatic rings. The minimum Gasteiger partial charge on any atom is -0.465 e. The van der Waals surface area contributed by atoms with Gasteiger partial charge in [-0.15, -0.1) is 0 Å². The predicted molar refractivity (Wildman–Crippen MR) is 61.7 cm³/mol. The molecule has 0 aromatic carbocycles. The van der Waals surface area contributed by atoms with E-state index in [9.17, 15) is 0 Å². The van der Waals surface area contributed by atoms with Gasteiger partial charge in [0.05, 0.1) is 6.26 Å². The van der Waals surface area contributed by atoms with Crippen LogP contribution in [0.2, 0.25) is 0 Å². The lowest BCUT2D eigenvalue weighted by Gasteiger charge is -2.27. The molecule has 0 amide bonds. The zero-order chi connectivity index (χ0) is 10.5. The molecule has 3 nitrogen and oxygen atoms in total. The van der Waals surface area contributed by atoms with Gasteiger partial charge in [0.1, 0.15) is 5.76 Å². The van der Waals surface area contributed by atoms with Crippen molar-refractivity contribution in [1.29, 1.82) is 0 Å². The second-order valence-corrected chi connectivity index (χ2v) is 4.03. The Bertz CT molecular complexity index is 310. The molecule has 0 bridgehead atoms. The van der Waals surface area contributed by atoms with Crippen LogP contribution in [0.15, 0.2) is 28.4 Å². The fourth-order valence-electron chi connectivity index (χ4n) is 1.88. The third kappa shape index (κ3) is 3.22. The van der Waals surface area contributed by atoms with Gasteiger partial charge in [-0.1, -0.05) is 5.57 Å². The van der Waals surface area contributed by atoms with Crippen LogP contribution in [0, 0.1) is 0 Å². The van der Waals surface area contributed by atoms with E-state index in [1.165, 1.54) is 5.57 Å². The average Bonchev–Trinajstić information content (AvgIpc) is 2.71. The van der Waals surface area contributed by atoms with E-state index in [-0.39, 0.29) is 0 Å². The van der Waals surface area contributed by atoms with Crippen molar-refractivity contribution in [3.05, 3.63) is 29.7 Å². The van der Waals surface area contributed by atoms with E-state index in [1.54, 1.807) is 6.26 Å². The Balaban J connectivity index is 1.88. The Kier molecular flexibility index (Phi) is 3.59. The van der Waals surface area contributed by atoms with Crippen molar-refractivity contribution in [2.24, 2.45) is 0 Å². The number of furan rings is 1. The largest absolute Gasteiger partial charge is 0.465 e. The van der Waals surface area contributed by atoms with Gasteiger partial charge in [-0.25, -0.2) is 0 Å². The summed E-state index contributed by atoms with van der Waals surface area (Å²) in [7, 11) is 0. The molecule has 2 rings (SSSR count). The normalized spacial score (nSPS) is 19.4. The average molecular weight is 206 g/mol. The summed E-state index contributed by atoms with van der Waals surface area (Å²) in [6.45, 7) is 7.70. The Morgan fingerprint density at radius 2 is 2.33 bits per heavy atom. The second-order valence-electron chi connectivity index (χ2n) is 4.03. The van der Waals surface area contributed by atoms with Gasteiger partial charge in [0.15, 0.2) is 0 Å². The van der Waals surface area contributed by atoms with Crippen molar-refractivity contribution in [2.45, 2.75) is 6.92 Å². The molecular weight excluding hydrogens is 188 g/mol. The summed E-state index contributed by atoms with van der Waals surface area (Å²) < 4.78 is 5.29. The standard InChI is InChI=1S/C12H18N2O/c1-11(9-12-3-2-8-15-12)10-14-6-4-13-5-7-14/h2-3,8-9,13H,4-7,10H2,1H3/b11-9+. The van der Waals surface area contributed by atoms with E-state index < -0.39 is 0 Å². The quantitative estimate of drug-likeness (QED) is 0.814. The van der Waals surface area contributed by atoms with Crippen LogP contribution >= 0.6 is 0 Å². The highest BCUT2D eigenvalue weighted by molar-refractivity contribution is 5.46. The second kappa shape index (κ2) is 5.14. The Labute approximate surface area is 90.8 Å². The van der Waals surface area contributed by atoms with E-state index in [2.05, 4.69) is 23.2 Å². The van der Waals surface area contributed by atoms with Crippen LogP contribution in [0.5, 0.6) is 0 Å². The van der Waals surface area contributed by atoms with Gasteiger partial charge in [0.25, 0.3) is 0 Å². The molecule has 1 aliphatic heterocycles. The highest BCUT2D eigenvalue weighted by Crippen LogP contribution is 2.08. The molecular formula is C12H18N2O. The molecule has 2 heterocycles. The lowest BCUT2D eigenvalue weighted by molar-refractivity contribution is 0.260.